The third-order valence-corrected chi connectivity index (χ3v) is 3.18. The number of carbonyl (C=O) groups is 2. The van der Waals surface area contributed by atoms with Crippen molar-refractivity contribution in [2.45, 2.75) is 19.4 Å². The number of hydrogen-bond acceptors (Lipinski definition) is 3. The zero-order chi connectivity index (χ0) is 13.3. The van der Waals surface area contributed by atoms with Gasteiger partial charge in [0.2, 0.25) is 11.8 Å². The van der Waals surface area contributed by atoms with E-state index in [1.54, 1.807) is 27.0 Å². The maximum atomic E-state index is 12.4. The van der Waals surface area contributed by atoms with Crippen molar-refractivity contribution in [1.29, 1.82) is 0 Å². The van der Waals surface area contributed by atoms with Crippen LogP contribution in [0.15, 0.2) is 24.3 Å². The molecule has 1 aromatic carbocycles. The van der Waals surface area contributed by atoms with Crippen LogP contribution in [-0.2, 0) is 9.59 Å². The van der Waals surface area contributed by atoms with E-state index >= 15 is 0 Å². The molecule has 0 spiro atoms. The predicted molar refractivity (Wildman–Crippen MR) is 70.6 cm³/mol. The fourth-order valence-electron chi connectivity index (χ4n) is 1.86. The Kier molecular flexibility index (Phi) is 3.09. The van der Waals surface area contributed by atoms with Crippen LogP contribution in [0.2, 0.25) is 0 Å². The number of para-hydroxylation sites is 2. The Morgan fingerprint density at radius 2 is 2.06 bits per heavy atom. The summed E-state index contributed by atoms with van der Waals surface area (Å²) >= 11 is 0. The van der Waals surface area contributed by atoms with E-state index in [0.29, 0.717) is 5.69 Å². The summed E-state index contributed by atoms with van der Waals surface area (Å²) in [7, 11) is 1.73. The van der Waals surface area contributed by atoms with Gasteiger partial charge in [0.05, 0.1) is 16.9 Å². The summed E-state index contributed by atoms with van der Waals surface area (Å²) in [6.45, 7) is 3.65. The third-order valence-electron chi connectivity index (χ3n) is 3.18. The van der Waals surface area contributed by atoms with Gasteiger partial charge in [-0.2, -0.15) is 0 Å². The molecule has 1 aromatic rings. The summed E-state index contributed by atoms with van der Waals surface area (Å²) in [5.74, 6) is -0.291. The highest BCUT2D eigenvalue weighted by molar-refractivity contribution is 6.12. The van der Waals surface area contributed by atoms with Gasteiger partial charge in [-0.25, -0.2) is 0 Å². The average molecular weight is 247 g/mol. The second-order valence-corrected chi connectivity index (χ2v) is 4.83. The topological polar surface area (TPSA) is 61.4 Å². The molecule has 0 aliphatic carbocycles. The molecule has 96 valence electrons. The Morgan fingerprint density at radius 3 is 2.72 bits per heavy atom. The fourth-order valence-corrected chi connectivity index (χ4v) is 1.86. The third kappa shape index (κ3) is 2.09. The molecule has 0 aromatic heterocycles. The van der Waals surface area contributed by atoms with E-state index in [4.69, 9.17) is 0 Å². The zero-order valence-corrected chi connectivity index (χ0v) is 10.8. The van der Waals surface area contributed by atoms with Gasteiger partial charge in [0.15, 0.2) is 0 Å². The van der Waals surface area contributed by atoms with E-state index in [-0.39, 0.29) is 18.4 Å². The van der Waals surface area contributed by atoms with Gasteiger partial charge in [0.25, 0.3) is 0 Å². The van der Waals surface area contributed by atoms with Crippen LogP contribution in [-0.4, -0.2) is 30.9 Å². The minimum absolute atomic E-state index is 0.0565. The van der Waals surface area contributed by atoms with Crippen molar-refractivity contribution in [3.8, 4) is 0 Å². The van der Waals surface area contributed by atoms with E-state index in [1.807, 2.05) is 18.2 Å². The quantitative estimate of drug-likeness (QED) is 0.818. The molecule has 0 saturated heterocycles. The maximum Gasteiger partial charge on any atom is 0.247 e. The van der Waals surface area contributed by atoms with Crippen LogP contribution in [0.3, 0.4) is 0 Å². The van der Waals surface area contributed by atoms with E-state index in [9.17, 15) is 9.59 Å². The first-order chi connectivity index (χ1) is 8.45. The molecule has 0 saturated carbocycles. The van der Waals surface area contributed by atoms with Gasteiger partial charge in [-0.05, 0) is 33.0 Å². The van der Waals surface area contributed by atoms with E-state index < -0.39 is 5.54 Å². The second-order valence-electron chi connectivity index (χ2n) is 4.83. The predicted octanol–water partition coefficient (Wildman–Crippen LogP) is 0.970. The highest BCUT2D eigenvalue weighted by Crippen LogP contribution is 2.30. The number of amides is 2. The van der Waals surface area contributed by atoms with E-state index in [0.717, 1.165) is 5.69 Å². The molecule has 2 amide bonds. The number of nitrogens with one attached hydrogen (secondary N) is 2. The Balaban J connectivity index is 2.41. The lowest BCUT2D eigenvalue weighted by molar-refractivity contribution is -0.125. The van der Waals surface area contributed by atoms with Crippen LogP contribution in [0, 0.1) is 0 Å². The van der Waals surface area contributed by atoms with Gasteiger partial charge in [-0.3, -0.25) is 14.5 Å². The molecule has 2 N–H and O–H groups in total. The minimum Gasteiger partial charge on any atom is -0.323 e. The summed E-state index contributed by atoms with van der Waals surface area (Å²) in [5, 5.41) is 5.72. The normalized spacial score (nSPS) is 15.1. The number of benzene rings is 1. The number of anilines is 2. The molecule has 0 bridgehead atoms. The van der Waals surface area contributed by atoms with Crippen molar-refractivity contribution in [1.82, 2.24) is 5.32 Å². The van der Waals surface area contributed by atoms with Gasteiger partial charge in [-0.1, -0.05) is 12.1 Å². The summed E-state index contributed by atoms with van der Waals surface area (Å²) in [5.41, 5.74) is 0.712. The van der Waals surface area contributed by atoms with Crippen molar-refractivity contribution in [2.75, 3.05) is 23.8 Å². The second kappa shape index (κ2) is 4.42. The van der Waals surface area contributed by atoms with Crippen LogP contribution >= 0.6 is 0 Å². The first-order valence-corrected chi connectivity index (χ1v) is 5.85. The molecule has 5 nitrogen and oxygen atoms in total. The molecule has 0 atom stereocenters. The summed E-state index contributed by atoms with van der Waals surface area (Å²) in [6, 6.07) is 7.30. The fraction of sp³-hybridized carbons (Fsp3) is 0.385. The van der Waals surface area contributed by atoms with Crippen LogP contribution < -0.4 is 15.5 Å². The van der Waals surface area contributed by atoms with Crippen molar-refractivity contribution in [3.63, 3.8) is 0 Å². The SMILES string of the molecule is CNC(C)(C)C(=O)N1CC(=O)Nc2ccccc21. The number of carbonyl (C=O) groups excluding carboxylic acids is 2. The number of fused-ring (bicyclic) bond motifs is 1. The lowest BCUT2D eigenvalue weighted by Gasteiger charge is -2.35. The van der Waals surface area contributed by atoms with E-state index in [1.165, 1.54) is 4.90 Å². The smallest absolute Gasteiger partial charge is 0.247 e. The summed E-state index contributed by atoms with van der Waals surface area (Å²) < 4.78 is 0. The monoisotopic (exact) mass is 247 g/mol. The number of nitrogens with zero attached hydrogens (tertiary/aromatic N) is 1. The standard InChI is InChI=1S/C13H17N3O2/c1-13(2,14-3)12(18)16-8-11(17)15-9-6-4-5-7-10(9)16/h4-7,14H,8H2,1-3H3,(H,15,17). The highest BCUT2D eigenvalue weighted by Gasteiger charge is 2.35. The molecule has 5 heteroatoms. The lowest BCUT2D eigenvalue weighted by Crippen LogP contribution is -2.55. The largest absolute Gasteiger partial charge is 0.323 e. The highest BCUT2D eigenvalue weighted by atomic mass is 16.2. The average Bonchev–Trinajstić information content (AvgIpc) is 2.36. The molecule has 1 aliphatic heterocycles. The zero-order valence-electron chi connectivity index (χ0n) is 10.8. The van der Waals surface area contributed by atoms with Crippen LogP contribution in [0.5, 0.6) is 0 Å². The van der Waals surface area contributed by atoms with Gasteiger partial charge in [0.1, 0.15) is 6.54 Å². The minimum atomic E-state index is -0.704. The maximum absolute atomic E-state index is 12.4. The van der Waals surface area contributed by atoms with Crippen LogP contribution in [0.25, 0.3) is 0 Å². The molecule has 1 heterocycles. The molecule has 0 radical (unpaired) electrons. The van der Waals surface area contributed by atoms with Crippen molar-refractivity contribution < 1.29 is 9.59 Å². The van der Waals surface area contributed by atoms with Gasteiger partial charge in [0, 0.05) is 0 Å². The van der Waals surface area contributed by atoms with E-state index in [2.05, 4.69) is 10.6 Å². The lowest BCUT2D eigenvalue weighted by atomic mass is 10.0. The van der Waals surface area contributed by atoms with Gasteiger partial charge in [-0.15, -0.1) is 0 Å². The summed E-state index contributed by atoms with van der Waals surface area (Å²) in [4.78, 5) is 25.6. The number of hydrogen-bond donors (Lipinski definition) is 2. The van der Waals surface area contributed by atoms with Crippen molar-refractivity contribution >= 4 is 23.2 Å². The first-order valence-electron chi connectivity index (χ1n) is 5.85. The molecular formula is C13H17N3O2. The molecule has 0 unspecified atom stereocenters. The molecule has 0 fully saturated rings. The number of rotatable bonds is 2. The first kappa shape index (κ1) is 12.6. The molecule has 2 rings (SSSR count). The molecular weight excluding hydrogens is 230 g/mol. The van der Waals surface area contributed by atoms with Crippen molar-refractivity contribution in [2.24, 2.45) is 0 Å². The van der Waals surface area contributed by atoms with Crippen LogP contribution in [0.1, 0.15) is 13.8 Å². The Bertz CT molecular complexity index is 497. The van der Waals surface area contributed by atoms with Gasteiger partial charge < -0.3 is 10.6 Å². The number of likely N-dealkylation sites (N-methyl/N-ethyl adjacent to an activating group) is 1. The van der Waals surface area contributed by atoms with Crippen LogP contribution in [0.4, 0.5) is 11.4 Å². The Hall–Kier alpha value is -1.88. The molecule has 1 aliphatic rings. The molecule has 18 heavy (non-hydrogen) atoms. The van der Waals surface area contributed by atoms with Gasteiger partial charge >= 0.3 is 0 Å². The van der Waals surface area contributed by atoms with Crippen molar-refractivity contribution in [3.05, 3.63) is 24.3 Å². The summed E-state index contributed by atoms with van der Waals surface area (Å²) in [6.07, 6.45) is 0. The Labute approximate surface area is 106 Å². The Morgan fingerprint density at radius 1 is 1.39 bits per heavy atom.